The molecule has 0 saturated heterocycles. The summed E-state index contributed by atoms with van der Waals surface area (Å²) in [7, 11) is 3.66. The summed E-state index contributed by atoms with van der Waals surface area (Å²) in [4.78, 5) is 1.80. The molecule has 72 valence electrons. The highest BCUT2D eigenvalue weighted by Gasteiger charge is 2.23. The Morgan fingerprint density at radius 2 is 1.69 bits per heavy atom. The van der Waals surface area contributed by atoms with Gasteiger partial charge in [-0.2, -0.15) is 10.5 Å². The summed E-state index contributed by atoms with van der Waals surface area (Å²) in [5.74, 6) is 0.278. The lowest BCUT2D eigenvalue weighted by Crippen LogP contribution is -2.34. The lowest BCUT2D eigenvalue weighted by atomic mass is 9.92. The summed E-state index contributed by atoms with van der Waals surface area (Å²) in [6.45, 7) is 4.13. The molecule has 0 amide bonds. The molecule has 0 spiro atoms. The van der Waals surface area contributed by atoms with Crippen molar-refractivity contribution in [3.05, 3.63) is 0 Å². The Hall–Kier alpha value is -1.06. The second-order valence-electron chi connectivity index (χ2n) is 3.90. The van der Waals surface area contributed by atoms with E-state index >= 15 is 0 Å². The van der Waals surface area contributed by atoms with Crippen LogP contribution in [0.25, 0.3) is 0 Å². The van der Waals surface area contributed by atoms with Crippen LogP contribution in [0.4, 0.5) is 0 Å². The van der Waals surface area contributed by atoms with Crippen LogP contribution in [0.3, 0.4) is 0 Å². The minimum atomic E-state index is -0.285. The fourth-order valence-corrected chi connectivity index (χ4v) is 1.33. The molecule has 0 rings (SSSR count). The zero-order chi connectivity index (χ0) is 10.4. The van der Waals surface area contributed by atoms with E-state index in [1.807, 2.05) is 14.1 Å². The van der Waals surface area contributed by atoms with E-state index in [1.165, 1.54) is 0 Å². The van der Waals surface area contributed by atoms with Crippen molar-refractivity contribution in [1.29, 1.82) is 10.5 Å². The summed E-state index contributed by atoms with van der Waals surface area (Å²) in [5.41, 5.74) is 0. The molecule has 0 aromatic rings. The van der Waals surface area contributed by atoms with Crippen LogP contribution >= 0.6 is 0 Å². The molecule has 2 unspecified atom stereocenters. The molecular formula is C10H17N3. The Balaban J connectivity index is 4.39. The van der Waals surface area contributed by atoms with E-state index in [1.54, 1.807) is 4.90 Å². The number of nitriles is 2. The normalized spacial score (nSPS) is 15.1. The van der Waals surface area contributed by atoms with E-state index in [-0.39, 0.29) is 12.0 Å². The van der Waals surface area contributed by atoms with Gasteiger partial charge < -0.3 is 0 Å². The molecule has 3 heteroatoms. The van der Waals surface area contributed by atoms with Gasteiger partial charge in [-0.3, -0.25) is 4.90 Å². The van der Waals surface area contributed by atoms with Crippen LogP contribution in [-0.2, 0) is 0 Å². The maximum Gasteiger partial charge on any atom is 0.113 e. The zero-order valence-corrected chi connectivity index (χ0v) is 8.78. The molecule has 2 atom stereocenters. The van der Waals surface area contributed by atoms with Gasteiger partial charge >= 0.3 is 0 Å². The lowest BCUT2D eigenvalue weighted by molar-refractivity contribution is 0.272. The van der Waals surface area contributed by atoms with Crippen LogP contribution < -0.4 is 0 Å². The Labute approximate surface area is 80.6 Å². The first-order chi connectivity index (χ1) is 6.02. The topological polar surface area (TPSA) is 50.8 Å². The van der Waals surface area contributed by atoms with Gasteiger partial charge in [0.25, 0.3) is 0 Å². The van der Waals surface area contributed by atoms with Crippen LogP contribution in [0.15, 0.2) is 0 Å². The quantitative estimate of drug-likeness (QED) is 0.659. The molecule has 0 bridgehead atoms. The third-order valence-corrected chi connectivity index (χ3v) is 1.96. The van der Waals surface area contributed by atoms with E-state index in [4.69, 9.17) is 10.5 Å². The lowest BCUT2D eigenvalue weighted by Gasteiger charge is -2.22. The Kier molecular flexibility index (Phi) is 5.11. The molecule has 0 aliphatic rings. The van der Waals surface area contributed by atoms with Crippen molar-refractivity contribution < 1.29 is 0 Å². The monoisotopic (exact) mass is 179 g/mol. The van der Waals surface area contributed by atoms with Crippen molar-refractivity contribution in [2.24, 2.45) is 11.8 Å². The van der Waals surface area contributed by atoms with E-state index in [9.17, 15) is 0 Å². The maximum absolute atomic E-state index is 8.90. The van der Waals surface area contributed by atoms with Crippen molar-refractivity contribution in [3.63, 3.8) is 0 Å². The number of hydrogen-bond acceptors (Lipinski definition) is 3. The summed E-state index contributed by atoms with van der Waals surface area (Å²) in [5, 5.41) is 17.8. The van der Waals surface area contributed by atoms with Crippen LogP contribution in [0.5, 0.6) is 0 Å². The molecule has 0 aliphatic carbocycles. The van der Waals surface area contributed by atoms with Gasteiger partial charge in [0.05, 0.1) is 18.1 Å². The molecule has 0 aromatic heterocycles. The molecule has 0 radical (unpaired) electrons. The maximum atomic E-state index is 8.90. The molecule has 3 nitrogen and oxygen atoms in total. The van der Waals surface area contributed by atoms with Gasteiger partial charge in [-0.05, 0) is 26.4 Å². The third-order valence-electron chi connectivity index (χ3n) is 1.96. The summed E-state index contributed by atoms with van der Waals surface area (Å²) >= 11 is 0. The number of hydrogen-bond donors (Lipinski definition) is 0. The molecule has 0 heterocycles. The predicted molar refractivity (Wildman–Crippen MR) is 51.6 cm³/mol. The molecule has 0 saturated carbocycles. The Morgan fingerprint density at radius 3 is 1.92 bits per heavy atom. The van der Waals surface area contributed by atoms with Crippen LogP contribution in [0, 0.1) is 34.5 Å². The fourth-order valence-electron chi connectivity index (χ4n) is 1.33. The van der Waals surface area contributed by atoms with E-state index in [0.29, 0.717) is 5.92 Å². The van der Waals surface area contributed by atoms with Crippen molar-refractivity contribution in [3.8, 4) is 12.1 Å². The second kappa shape index (κ2) is 5.56. The summed E-state index contributed by atoms with van der Waals surface area (Å²) in [6, 6.07) is 4.08. The number of rotatable bonds is 4. The third kappa shape index (κ3) is 3.92. The molecule has 0 aromatic carbocycles. The first-order valence-corrected chi connectivity index (χ1v) is 4.48. The minimum absolute atomic E-state index is 0.181. The summed E-state index contributed by atoms with van der Waals surface area (Å²) < 4.78 is 0. The molecule has 13 heavy (non-hydrogen) atoms. The highest BCUT2D eigenvalue weighted by atomic mass is 15.1. The van der Waals surface area contributed by atoms with Crippen molar-refractivity contribution in [2.75, 3.05) is 14.1 Å². The Bertz CT molecular complexity index is 219. The van der Waals surface area contributed by atoms with E-state index < -0.39 is 0 Å². The zero-order valence-electron chi connectivity index (χ0n) is 8.78. The molecule has 0 fully saturated rings. The first-order valence-electron chi connectivity index (χ1n) is 4.48. The van der Waals surface area contributed by atoms with Crippen molar-refractivity contribution >= 4 is 0 Å². The molecular weight excluding hydrogens is 162 g/mol. The largest absolute Gasteiger partial charge is 0.293 e. The number of nitrogens with zero attached hydrogens (tertiary/aromatic N) is 3. The smallest absolute Gasteiger partial charge is 0.113 e. The van der Waals surface area contributed by atoms with Gasteiger partial charge in [-0.15, -0.1) is 0 Å². The minimum Gasteiger partial charge on any atom is -0.293 e. The van der Waals surface area contributed by atoms with Gasteiger partial charge in [0, 0.05) is 0 Å². The first kappa shape index (κ1) is 11.9. The van der Waals surface area contributed by atoms with Gasteiger partial charge in [0.15, 0.2) is 0 Å². The average molecular weight is 179 g/mol. The second-order valence-corrected chi connectivity index (χ2v) is 3.90. The van der Waals surface area contributed by atoms with Crippen LogP contribution in [-0.4, -0.2) is 25.0 Å². The van der Waals surface area contributed by atoms with Gasteiger partial charge in [0.1, 0.15) is 6.04 Å². The van der Waals surface area contributed by atoms with Gasteiger partial charge in [0.2, 0.25) is 0 Å². The molecule has 0 aliphatic heterocycles. The summed E-state index contributed by atoms with van der Waals surface area (Å²) in [6.07, 6.45) is 0.785. The van der Waals surface area contributed by atoms with Gasteiger partial charge in [-0.1, -0.05) is 13.8 Å². The highest BCUT2D eigenvalue weighted by Crippen LogP contribution is 2.17. The van der Waals surface area contributed by atoms with E-state index in [0.717, 1.165) is 6.42 Å². The SMILES string of the molecule is CC(C)CC(C#N)C(C#N)N(C)C. The predicted octanol–water partition coefficient (Wildman–Crippen LogP) is 1.63. The van der Waals surface area contributed by atoms with Crippen molar-refractivity contribution in [1.82, 2.24) is 4.90 Å². The van der Waals surface area contributed by atoms with Gasteiger partial charge in [-0.25, -0.2) is 0 Å². The fraction of sp³-hybridized carbons (Fsp3) is 0.800. The molecule has 0 N–H and O–H groups in total. The Morgan fingerprint density at radius 1 is 1.15 bits per heavy atom. The van der Waals surface area contributed by atoms with Crippen LogP contribution in [0.1, 0.15) is 20.3 Å². The van der Waals surface area contributed by atoms with E-state index in [2.05, 4.69) is 26.0 Å². The van der Waals surface area contributed by atoms with Crippen molar-refractivity contribution in [2.45, 2.75) is 26.3 Å². The van der Waals surface area contributed by atoms with Crippen LogP contribution in [0.2, 0.25) is 0 Å². The standard InChI is InChI=1S/C10H17N3/c1-8(2)5-9(6-11)10(7-12)13(3)4/h8-10H,5H2,1-4H3. The highest BCUT2D eigenvalue weighted by molar-refractivity contribution is 5.03. The average Bonchev–Trinajstić information content (AvgIpc) is 2.02.